The summed E-state index contributed by atoms with van der Waals surface area (Å²) in [5, 5.41) is 15.5. The van der Waals surface area contributed by atoms with Gasteiger partial charge in [-0.15, -0.1) is 0 Å². The van der Waals surface area contributed by atoms with Gasteiger partial charge in [-0.2, -0.15) is 5.26 Å². The maximum atomic E-state index is 11.8. The minimum atomic E-state index is -0.673. The molecule has 2 aromatic rings. The molecule has 0 atom stereocenters. The van der Waals surface area contributed by atoms with Crippen molar-refractivity contribution in [2.75, 3.05) is 7.11 Å². The second-order valence-electron chi connectivity index (χ2n) is 5.03. The molecular weight excluding hydrogens is 302 g/mol. The Kier molecular flexibility index (Phi) is 6.42. The fourth-order valence-electron chi connectivity index (χ4n) is 2.12. The first-order valence-corrected chi connectivity index (χ1v) is 7.53. The van der Waals surface area contributed by atoms with Crippen molar-refractivity contribution in [3.8, 4) is 6.07 Å². The Morgan fingerprint density at radius 2 is 1.42 bits per heavy atom. The van der Waals surface area contributed by atoms with E-state index in [1.165, 1.54) is 7.11 Å². The number of esters is 1. The Morgan fingerprint density at radius 3 is 1.79 bits per heavy atom. The van der Waals surface area contributed by atoms with Crippen molar-refractivity contribution < 1.29 is 9.53 Å². The van der Waals surface area contributed by atoms with Crippen LogP contribution in [-0.2, 0) is 22.6 Å². The van der Waals surface area contributed by atoms with Gasteiger partial charge in [0.05, 0.1) is 7.11 Å². The molecule has 2 aromatic carbocycles. The van der Waals surface area contributed by atoms with Crippen LogP contribution in [0.3, 0.4) is 0 Å². The molecule has 0 saturated heterocycles. The number of rotatable bonds is 7. The quantitative estimate of drug-likeness (QED) is 0.465. The molecule has 5 nitrogen and oxygen atoms in total. The topological polar surface area (TPSA) is 74.2 Å². The van der Waals surface area contributed by atoms with Crippen molar-refractivity contribution >= 4 is 5.97 Å². The lowest BCUT2D eigenvalue weighted by Crippen LogP contribution is -2.29. The van der Waals surface area contributed by atoms with Crippen LogP contribution in [0.15, 0.2) is 72.1 Å². The second-order valence-corrected chi connectivity index (χ2v) is 5.03. The zero-order valence-electron chi connectivity index (χ0n) is 13.5. The van der Waals surface area contributed by atoms with E-state index in [-0.39, 0.29) is 5.57 Å². The molecule has 0 aliphatic rings. The summed E-state index contributed by atoms with van der Waals surface area (Å²) in [4.78, 5) is 11.8. The van der Waals surface area contributed by atoms with E-state index in [1.807, 2.05) is 66.7 Å². The summed E-state index contributed by atoms with van der Waals surface area (Å²) in [7, 11) is 1.26. The molecule has 0 unspecified atom stereocenters. The van der Waals surface area contributed by atoms with Crippen LogP contribution in [0, 0.1) is 11.3 Å². The van der Waals surface area contributed by atoms with E-state index >= 15 is 0 Å². The van der Waals surface area contributed by atoms with Gasteiger partial charge in [0.1, 0.15) is 11.9 Å². The lowest BCUT2D eigenvalue weighted by atomic mass is 10.2. The van der Waals surface area contributed by atoms with Gasteiger partial charge in [0.25, 0.3) is 0 Å². The average molecular weight is 321 g/mol. The molecule has 0 spiro atoms. The van der Waals surface area contributed by atoms with Gasteiger partial charge < -0.3 is 15.4 Å². The number of nitriles is 1. The molecule has 122 valence electrons. The van der Waals surface area contributed by atoms with Gasteiger partial charge in [-0.05, 0) is 11.1 Å². The summed E-state index contributed by atoms with van der Waals surface area (Å²) in [6, 6.07) is 21.4. The molecule has 0 amide bonds. The molecule has 0 radical (unpaired) electrons. The van der Waals surface area contributed by atoms with Crippen LogP contribution in [0.1, 0.15) is 11.1 Å². The maximum Gasteiger partial charge on any atom is 0.352 e. The number of benzene rings is 2. The fourth-order valence-corrected chi connectivity index (χ4v) is 2.12. The number of carbonyl (C=O) groups is 1. The molecule has 2 rings (SSSR count). The third-order valence-corrected chi connectivity index (χ3v) is 3.38. The lowest BCUT2D eigenvalue weighted by molar-refractivity contribution is -0.135. The minimum Gasteiger partial charge on any atom is -0.465 e. The van der Waals surface area contributed by atoms with Gasteiger partial charge in [0.15, 0.2) is 5.57 Å². The van der Waals surface area contributed by atoms with E-state index < -0.39 is 5.97 Å². The number of carbonyl (C=O) groups excluding carboxylic acids is 1. The zero-order valence-corrected chi connectivity index (χ0v) is 13.5. The van der Waals surface area contributed by atoms with Gasteiger partial charge in [0.2, 0.25) is 0 Å². The number of nitrogens with zero attached hydrogens (tertiary/aromatic N) is 1. The van der Waals surface area contributed by atoms with Crippen LogP contribution in [0.25, 0.3) is 0 Å². The first-order chi connectivity index (χ1) is 11.7. The Balaban J connectivity index is 2.16. The van der Waals surface area contributed by atoms with Crippen molar-refractivity contribution in [2.45, 2.75) is 13.1 Å². The van der Waals surface area contributed by atoms with E-state index in [4.69, 9.17) is 0 Å². The molecule has 0 saturated carbocycles. The molecule has 0 aromatic heterocycles. The Labute approximate surface area is 141 Å². The van der Waals surface area contributed by atoms with Crippen LogP contribution in [-0.4, -0.2) is 13.1 Å². The van der Waals surface area contributed by atoms with Crippen molar-refractivity contribution in [2.24, 2.45) is 0 Å². The maximum absolute atomic E-state index is 11.8. The summed E-state index contributed by atoms with van der Waals surface area (Å²) in [6.07, 6.45) is 0. The van der Waals surface area contributed by atoms with E-state index in [9.17, 15) is 10.1 Å². The largest absolute Gasteiger partial charge is 0.465 e. The average Bonchev–Trinajstić information content (AvgIpc) is 2.65. The van der Waals surface area contributed by atoms with E-state index in [0.29, 0.717) is 18.9 Å². The molecule has 0 aliphatic heterocycles. The molecular formula is C19H19N3O2. The number of hydrogen-bond acceptors (Lipinski definition) is 5. The molecule has 24 heavy (non-hydrogen) atoms. The first kappa shape index (κ1) is 17.1. The number of methoxy groups -OCH3 is 1. The van der Waals surface area contributed by atoms with Crippen LogP contribution >= 0.6 is 0 Å². The molecule has 0 fully saturated rings. The highest BCUT2D eigenvalue weighted by atomic mass is 16.5. The predicted molar refractivity (Wildman–Crippen MR) is 91.2 cm³/mol. The summed E-state index contributed by atoms with van der Waals surface area (Å²) < 4.78 is 4.69. The van der Waals surface area contributed by atoms with Crippen molar-refractivity contribution in [3.63, 3.8) is 0 Å². The normalized spacial score (nSPS) is 9.50. The Bertz CT molecular complexity index is 689. The molecule has 0 heterocycles. The summed E-state index contributed by atoms with van der Waals surface area (Å²) in [6.45, 7) is 0.972. The highest BCUT2D eigenvalue weighted by Gasteiger charge is 2.16. The number of ether oxygens (including phenoxy) is 1. The smallest absolute Gasteiger partial charge is 0.352 e. The van der Waals surface area contributed by atoms with Gasteiger partial charge >= 0.3 is 5.97 Å². The second kappa shape index (κ2) is 9.01. The minimum absolute atomic E-state index is 0.0793. The lowest BCUT2D eigenvalue weighted by Gasteiger charge is -2.15. The first-order valence-electron chi connectivity index (χ1n) is 7.53. The summed E-state index contributed by atoms with van der Waals surface area (Å²) >= 11 is 0. The van der Waals surface area contributed by atoms with Crippen LogP contribution < -0.4 is 10.6 Å². The third kappa shape index (κ3) is 4.89. The van der Waals surface area contributed by atoms with E-state index in [2.05, 4.69) is 15.4 Å². The van der Waals surface area contributed by atoms with Crippen LogP contribution in [0.2, 0.25) is 0 Å². The van der Waals surface area contributed by atoms with Gasteiger partial charge in [0, 0.05) is 13.1 Å². The zero-order chi connectivity index (χ0) is 17.2. The van der Waals surface area contributed by atoms with Crippen molar-refractivity contribution in [1.82, 2.24) is 10.6 Å². The summed E-state index contributed by atoms with van der Waals surface area (Å²) in [5.74, 6) is -0.314. The SMILES string of the molecule is COC(=O)C(C#N)=C(NCc1ccccc1)NCc1ccccc1. The standard InChI is InChI=1S/C19H19N3O2/c1-24-19(23)17(12-20)18(21-13-15-8-4-2-5-9-15)22-14-16-10-6-3-7-11-16/h2-11,21-22H,13-14H2,1H3. The number of nitrogens with one attached hydrogen (secondary N) is 2. The molecule has 2 N–H and O–H groups in total. The van der Waals surface area contributed by atoms with Crippen molar-refractivity contribution in [3.05, 3.63) is 83.2 Å². The molecule has 0 aliphatic carbocycles. The number of hydrogen-bond donors (Lipinski definition) is 2. The molecule has 5 heteroatoms. The fraction of sp³-hybridized carbons (Fsp3) is 0.158. The van der Waals surface area contributed by atoms with Crippen LogP contribution in [0.5, 0.6) is 0 Å². The highest BCUT2D eigenvalue weighted by Crippen LogP contribution is 2.06. The van der Waals surface area contributed by atoms with Gasteiger partial charge in [-0.1, -0.05) is 60.7 Å². The van der Waals surface area contributed by atoms with Crippen molar-refractivity contribution in [1.29, 1.82) is 5.26 Å². The predicted octanol–water partition coefficient (Wildman–Crippen LogP) is 2.47. The van der Waals surface area contributed by atoms with Gasteiger partial charge in [-0.25, -0.2) is 4.79 Å². The monoisotopic (exact) mass is 321 g/mol. The Hall–Kier alpha value is -3.26. The van der Waals surface area contributed by atoms with E-state index in [0.717, 1.165) is 11.1 Å². The Morgan fingerprint density at radius 1 is 0.958 bits per heavy atom. The van der Waals surface area contributed by atoms with Gasteiger partial charge in [-0.3, -0.25) is 0 Å². The van der Waals surface area contributed by atoms with Crippen LogP contribution in [0.4, 0.5) is 0 Å². The summed E-state index contributed by atoms with van der Waals surface area (Å²) in [5.41, 5.74) is 2.00. The third-order valence-electron chi connectivity index (χ3n) is 3.38. The highest BCUT2D eigenvalue weighted by molar-refractivity contribution is 5.93. The molecule has 0 bridgehead atoms. The van der Waals surface area contributed by atoms with E-state index in [1.54, 1.807) is 0 Å².